The molecule has 1 saturated heterocycles. The minimum absolute atomic E-state index is 0.0176. The summed E-state index contributed by atoms with van der Waals surface area (Å²) in [6.45, 7) is 0.777. The summed E-state index contributed by atoms with van der Waals surface area (Å²) in [7, 11) is 0. The lowest BCUT2D eigenvalue weighted by atomic mass is 9.96. The number of fused-ring (bicyclic) bond motifs is 1. The van der Waals surface area contributed by atoms with Crippen molar-refractivity contribution in [2.75, 3.05) is 6.54 Å². The second kappa shape index (κ2) is 8.31. The maximum absolute atomic E-state index is 14.0. The number of aromatic nitrogens is 1. The molecule has 34 heavy (non-hydrogen) atoms. The molecule has 1 aromatic carbocycles. The van der Waals surface area contributed by atoms with Gasteiger partial charge in [0.25, 0.3) is 11.8 Å². The Morgan fingerprint density at radius 2 is 1.97 bits per heavy atom. The number of amides is 2. The van der Waals surface area contributed by atoms with Crippen LogP contribution in [0.3, 0.4) is 0 Å². The summed E-state index contributed by atoms with van der Waals surface area (Å²) in [6.07, 6.45) is 3.06. The van der Waals surface area contributed by atoms with E-state index in [0.717, 1.165) is 25.8 Å². The van der Waals surface area contributed by atoms with Crippen LogP contribution in [0.2, 0.25) is 0 Å². The molecule has 1 aromatic heterocycles. The summed E-state index contributed by atoms with van der Waals surface area (Å²) >= 11 is 0. The Morgan fingerprint density at radius 1 is 1.21 bits per heavy atom. The average molecular weight is 473 g/mol. The van der Waals surface area contributed by atoms with Gasteiger partial charge in [0.1, 0.15) is 23.6 Å². The van der Waals surface area contributed by atoms with E-state index in [-0.39, 0.29) is 35.5 Å². The van der Waals surface area contributed by atoms with Gasteiger partial charge in [0.05, 0.1) is 11.6 Å². The molecule has 7 nitrogen and oxygen atoms in total. The Balaban J connectivity index is 1.26. The molecule has 2 aliphatic carbocycles. The molecule has 2 aromatic rings. The Kier molecular flexibility index (Phi) is 5.55. The molecule has 3 aliphatic rings. The highest BCUT2D eigenvalue weighted by Gasteiger charge is 2.57. The van der Waals surface area contributed by atoms with E-state index in [1.807, 2.05) is 0 Å². The number of rotatable bonds is 8. The van der Waals surface area contributed by atoms with Crippen LogP contribution in [0.15, 0.2) is 24.3 Å². The first kappa shape index (κ1) is 22.7. The molecule has 4 N–H and O–H groups in total. The highest BCUT2D eigenvalue weighted by molar-refractivity contribution is 6.00. The first-order valence-corrected chi connectivity index (χ1v) is 11.6. The van der Waals surface area contributed by atoms with Crippen LogP contribution in [0.1, 0.15) is 49.0 Å². The summed E-state index contributed by atoms with van der Waals surface area (Å²) in [4.78, 5) is 28.5. The van der Waals surface area contributed by atoms with Gasteiger partial charge >= 0.3 is 0 Å². The zero-order valence-electron chi connectivity index (χ0n) is 18.5. The highest BCUT2D eigenvalue weighted by Crippen LogP contribution is 2.51. The van der Waals surface area contributed by atoms with Gasteiger partial charge in [-0.3, -0.25) is 9.59 Å². The molecule has 0 bridgehead atoms. The topological polar surface area (TPSA) is 110 Å². The quantitative estimate of drug-likeness (QED) is 0.473. The molecular formula is C24H26F3N5O2. The predicted molar refractivity (Wildman–Crippen MR) is 117 cm³/mol. The number of nitrogens with zero attached hydrogens (tertiary/aromatic N) is 1. The summed E-state index contributed by atoms with van der Waals surface area (Å²) in [6, 6.07) is 5.88. The molecule has 2 saturated carbocycles. The first-order valence-electron chi connectivity index (χ1n) is 11.6. The molecule has 1 unspecified atom stereocenters. The van der Waals surface area contributed by atoms with Gasteiger partial charge in [-0.25, -0.2) is 13.2 Å². The monoisotopic (exact) mass is 473 g/mol. The van der Waals surface area contributed by atoms with Crippen molar-refractivity contribution in [1.82, 2.24) is 20.9 Å². The van der Waals surface area contributed by atoms with E-state index in [9.17, 15) is 28.0 Å². The molecule has 4 atom stereocenters. The average Bonchev–Trinajstić information content (AvgIpc) is 3.52. The van der Waals surface area contributed by atoms with Gasteiger partial charge in [-0.15, -0.1) is 0 Å². The Morgan fingerprint density at radius 3 is 2.59 bits per heavy atom. The van der Waals surface area contributed by atoms with Gasteiger partial charge in [0, 0.05) is 23.3 Å². The number of H-pyrrole nitrogens is 1. The maximum Gasteiger partial charge on any atom is 0.268 e. The molecule has 5 rings (SSSR count). The number of para-hydroxylation sites is 1. The van der Waals surface area contributed by atoms with Crippen LogP contribution in [-0.4, -0.2) is 46.9 Å². The summed E-state index contributed by atoms with van der Waals surface area (Å²) in [5.41, 5.74) is 0.358. The van der Waals surface area contributed by atoms with E-state index in [1.165, 1.54) is 18.2 Å². The number of carbonyl (C=O) groups excluding carboxylic acids is 2. The van der Waals surface area contributed by atoms with E-state index in [2.05, 4.69) is 27.0 Å². The minimum atomic E-state index is -2.86. The standard InChI is InChI=1S/C24H26F3N5O2/c25-17-3-1-2-14-7-18(31-20(14)17)22(34)32-19(8-15-10-24(15,26)27)21(33)30-16(11-28)6-13-9-23(4-5-23)29-12-13/h1-3,7,13,15-16,19,29,31H,4-6,8-10,12H2,(H,30,33)(H,32,34)/t13-,15?,16+,19+/m1/s1. The third-order valence-corrected chi connectivity index (χ3v) is 7.29. The largest absolute Gasteiger partial charge is 0.348 e. The van der Waals surface area contributed by atoms with Crippen molar-refractivity contribution in [3.8, 4) is 6.07 Å². The molecule has 1 aliphatic heterocycles. The number of nitrogens with one attached hydrogen (secondary N) is 4. The first-order chi connectivity index (χ1) is 16.2. The third-order valence-electron chi connectivity index (χ3n) is 7.29. The number of alkyl halides is 2. The summed E-state index contributed by atoms with van der Waals surface area (Å²) in [5.74, 6) is -5.54. The second-order valence-corrected chi connectivity index (χ2v) is 9.97. The molecular weight excluding hydrogens is 447 g/mol. The number of nitriles is 1. The molecule has 2 heterocycles. The zero-order chi connectivity index (χ0) is 24.1. The fourth-order valence-electron chi connectivity index (χ4n) is 5.02. The number of halogens is 3. The third kappa shape index (κ3) is 4.62. The number of benzene rings is 1. The molecule has 1 spiro atoms. The summed E-state index contributed by atoms with van der Waals surface area (Å²) < 4.78 is 41.2. The number of carbonyl (C=O) groups is 2. The fraction of sp³-hybridized carbons (Fsp3) is 0.542. The van der Waals surface area contributed by atoms with E-state index < -0.39 is 41.6 Å². The van der Waals surface area contributed by atoms with Crippen LogP contribution >= 0.6 is 0 Å². The molecule has 10 heteroatoms. The lowest BCUT2D eigenvalue weighted by Gasteiger charge is -2.21. The molecule has 180 valence electrons. The van der Waals surface area contributed by atoms with Gasteiger partial charge in [-0.2, -0.15) is 5.26 Å². The zero-order valence-corrected chi connectivity index (χ0v) is 18.5. The van der Waals surface area contributed by atoms with E-state index in [1.54, 1.807) is 6.07 Å². The van der Waals surface area contributed by atoms with Crippen molar-refractivity contribution in [3.05, 3.63) is 35.8 Å². The van der Waals surface area contributed by atoms with Crippen molar-refractivity contribution in [2.45, 2.75) is 62.1 Å². The minimum Gasteiger partial charge on any atom is -0.348 e. The fourth-order valence-corrected chi connectivity index (χ4v) is 5.02. The molecule has 2 amide bonds. The number of aromatic amines is 1. The van der Waals surface area contributed by atoms with Crippen LogP contribution < -0.4 is 16.0 Å². The highest BCUT2D eigenvalue weighted by atomic mass is 19.3. The van der Waals surface area contributed by atoms with Crippen molar-refractivity contribution in [1.29, 1.82) is 5.26 Å². The van der Waals surface area contributed by atoms with Gasteiger partial charge < -0.3 is 20.9 Å². The lowest BCUT2D eigenvalue weighted by Crippen LogP contribution is -2.50. The summed E-state index contributed by atoms with van der Waals surface area (Å²) in [5, 5.41) is 18.7. The second-order valence-electron chi connectivity index (χ2n) is 9.97. The van der Waals surface area contributed by atoms with E-state index in [0.29, 0.717) is 11.8 Å². The SMILES string of the molecule is N#C[C@H](C[C@H]1CNC2(CC2)C1)NC(=O)[C@H](CC1CC1(F)F)NC(=O)c1cc2cccc(F)c2[nH]1. The van der Waals surface area contributed by atoms with Gasteiger partial charge in [0.2, 0.25) is 5.91 Å². The molecule has 0 radical (unpaired) electrons. The van der Waals surface area contributed by atoms with E-state index >= 15 is 0 Å². The van der Waals surface area contributed by atoms with Crippen LogP contribution in [0, 0.1) is 29.0 Å². The van der Waals surface area contributed by atoms with Gasteiger partial charge in [-0.05, 0) is 56.7 Å². The normalized spacial score (nSPS) is 25.5. The predicted octanol–water partition coefficient (Wildman–Crippen LogP) is 2.99. The van der Waals surface area contributed by atoms with E-state index in [4.69, 9.17) is 0 Å². The number of hydrogen-bond acceptors (Lipinski definition) is 4. The smallest absolute Gasteiger partial charge is 0.268 e. The van der Waals surface area contributed by atoms with Gasteiger partial charge in [0.15, 0.2) is 0 Å². The maximum atomic E-state index is 14.0. The van der Waals surface area contributed by atoms with Crippen molar-refractivity contribution < 1.29 is 22.8 Å². The van der Waals surface area contributed by atoms with Gasteiger partial charge in [-0.1, -0.05) is 12.1 Å². The van der Waals surface area contributed by atoms with Crippen molar-refractivity contribution >= 4 is 22.7 Å². The van der Waals surface area contributed by atoms with Crippen LogP contribution in [0.25, 0.3) is 10.9 Å². The Bertz CT molecular complexity index is 1170. The van der Waals surface area contributed by atoms with Crippen LogP contribution in [-0.2, 0) is 4.79 Å². The lowest BCUT2D eigenvalue weighted by molar-refractivity contribution is -0.123. The van der Waals surface area contributed by atoms with Crippen LogP contribution in [0.4, 0.5) is 13.2 Å². The van der Waals surface area contributed by atoms with Crippen LogP contribution in [0.5, 0.6) is 0 Å². The molecule has 3 fully saturated rings. The Hall–Kier alpha value is -3.06. The van der Waals surface area contributed by atoms with Crippen molar-refractivity contribution in [2.24, 2.45) is 11.8 Å². The van der Waals surface area contributed by atoms with Crippen molar-refractivity contribution in [3.63, 3.8) is 0 Å². The number of hydrogen-bond donors (Lipinski definition) is 4. The Labute approximate surface area is 194 Å².